The second-order valence-electron chi connectivity index (χ2n) is 9.58. The van der Waals surface area contributed by atoms with Crippen LogP contribution in [-0.2, 0) is 28.6 Å². The molecule has 3 aliphatic rings. The molecule has 2 saturated carbocycles. The molecule has 1 aromatic heterocycles. The average molecular weight is 447 g/mol. The van der Waals surface area contributed by atoms with Crippen molar-refractivity contribution in [3.05, 3.63) is 24.2 Å². The van der Waals surface area contributed by atoms with Crippen molar-refractivity contribution < 1.29 is 37.8 Å². The summed E-state index contributed by atoms with van der Waals surface area (Å²) in [6.07, 6.45) is 2.08. The number of carbonyl (C=O) groups excluding carboxylic acids is 4. The quantitative estimate of drug-likeness (QED) is 0.555. The smallest absolute Gasteiger partial charge is 0.407 e. The highest BCUT2D eigenvalue weighted by Gasteiger charge is 2.67. The van der Waals surface area contributed by atoms with Crippen LogP contribution in [0.2, 0.25) is 0 Å². The number of hydrogen-bond donors (Lipinski definition) is 1. The molecule has 1 aromatic rings. The van der Waals surface area contributed by atoms with E-state index in [0.717, 1.165) is 5.56 Å². The Hall–Kier alpha value is -2.84. The first-order valence-electron chi connectivity index (χ1n) is 10.9. The number of amides is 1. The van der Waals surface area contributed by atoms with Gasteiger partial charge in [-0.05, 0) is 36.2 Å². The molecule has 3 unspecified atom stereocenters. The zero-order valence-electron chi connectivity index (χ0n) is 18.7. The molecular weight excluding hydrogens is 418 g/mol. The molecule has 1 N–H and O–H groups in total. The highest BCUT2D eigenvalue weighted by atomic mass is 16.6. The minimum atomic E-state index is -1.10. The summed E-state index contributed by atoms with van der Waals surface area (Å²) in [6, 6.07) is 1.74. The van der Waals surface area contributed by atoms with Crippen LogP contribution in [0.15, 0.2) is 23.0 Å². The number of hydrogen-bond acceptors (Lipinski definition) is 8. The highest BCUT2D eigenvalue weighted by molar-refractivity contribution is 5.93. The van der Waals surface area contributed by atoms with Crippen molar-refractivity contribution in [3.63, 3.8) is 0 Å². The van der Waals surface area contributed by atoms with Crippen molar-refractivity contribution in [1.29, 1.82) is 0 Å². The molecule has 4 rings (SSSR count). The Morgan fingerprint density at radius 3 is 2.59 bits per heavy atom. The number of esters is 2. The summed E-state index contributed by atoms with van der Waals surface area (Å²) in [5.41, 5.74) is -0.814. The van der Waals surface area contributed by atoms with Crippen LogP contribution in [0.1, 0.15) is 51.2 Å². The maximum Gasteiger partial charge on any atom is 0.407 e. The molecule has 1 aliphatic heterocycles. The topological polar surface area (TPSA) is 121 Å². The molecule has 0 aromatic carbocycles. The van der Waals surface area contributed by atoms with Crippen LogP contribution in [0.5, 0.6) is 0 Å². The van der Waals surface area contributed by atoms with Gasteiger partial charge in [0.25, 0.3) is 0 Å². The van der Waals surface area contributed by atoms with E-state index in [-0.39, 0.29) is 18.2 Å². The maximum absolute atomic E-state index is 13.8. The van der Waals surface area contributed by atoms with Gasteiger partial charge in [0.1, 0.15) is 6.10 Å². The van der Waals surface area contributed by atoms with Crippen LogP contribution in [-0.4, -0.2) is 44.1 Å². The lowest BCUT2D eigenvalue weighted by Gasteiger charge is -2.60. The molecule has 0 bridgehead atoms. The zero-order chi connectivity index (χ0) is 23.3. The number of ether oxygens (including phenoxy) is 3. The fourth-order valence-electron chi connectivity index (χ4n) is 6.45. The fourth-order valence-corrected chi connectivity index (χ4v) is 6.45. The Bertz CT molecular complexity index is 926. The SMILES string of the molecule is CNC(=O)OC1C[C@@H](C(=O)OC)[C@]2(C)CCC3C(=O)O[C@H](c4ccoc4)C[C@]3(C)C2C1=O. The Labute approximate surface area is 186 Å². The first-order chi connectivity index (χ1) is 15.2. The minimum Gasteiger partial charge on any atom is -0.472 e. The molecule has 7 atom stereocenters. The lowest BCUT2D eigenvalue weighted by molar-refractivity contribution is -0.207. The number of ketones is 1. The molecule has 32 heavy (non-hydrogen) atoms. The molecule has 1 amide bonds. The number of nitrogens with one attached hydrogen (secondary N) is 1. The Morgan fingerprint density at radius 1 is 1.22 bits per heavy atom. The first kappa shape index (κ1) is 22.4. The van der Waals surface area contributed by atoms with Gasteiger partial charge in [-0.25, -0.2) is 4.79 Å². The number of Topliss-reactive ketones (excluding diaryl/α,β-unsaturated/α-hetero) is 1. The monoisotopic (exact) mass is 447 g/mol. The van der Waals surface area contributed by atoms with Crippen molar-refractivity contribution in [2.24, 2.45) is 28.6 Å². The molecule has 3 fully saturated rings. The van der Waals surface area contributed by atoms with Gasteiger partial charge in [-0.3, -0.25) is 14.4 Å². The number of methoxy groups -OCH3 is 1. The summed E-state index contributed by atoms with van der Waals surface area (Å²) in [5, 5.41) is 2.36. The van der Waals surface area contributed by atoms with Crippen molar-refractivity contribution >= 4 is 23.8 Å². The number of alkyl carbamates (subject to hydrolysis) is 1. The largest absolute Gasteiger partial charge is 0.472 e. The lowest BCUT2D eigenvalue weighted by atomic mass is 9.43. The molecule has 2 aliphatic carbocycles. The van der Waals surface area contributed by atoms with Gasteiger partial charge in [0.15, 0.2) is 11.9 Å². The second-order valence-corrected chi connectivity index (χ2v) is 9.58. The Balaban J connectivity index is 1.78. The zero-order valence-corrected chi connectivity index (χ0v) is 18.7. The standard InChI is InChI=1S/C23H29NO8/c1-22-7-5-13-20(27)31-16(12-6-8-30-11-12)10-23(13,2)18(22)17(25)15(32-21(28)24-3)9-14(22)19(26)29-4/h6,8,11,13-16,18H,5,7,9-10H2,1-4H3,(H,24,28)/t13?,14-,15?,16-,18?,22-,23-/m0/s1. The van der Waals surface area contributed by atoms with Crippen molar-refractivity contribution in [2.45, 2.75) is 51.7 Å². The molecule has 9 nitrogen and oxygen atoms in total. The molecule has 174 valence electrons. The summed E-state index contributed by atoms with van der Waals surface area (Å²) in [4.78, 5) is 51.6. The predicted octanol–water partition coefficient (Wildman–Crippen LogP) is 2.79. The van der Waals surface area contributed by atoms with Crippen LogP contribution in [0.3, 0.4) is 0 Å². The fraction of sp³-hybridized carbons (Fsp3) is 0.652. The van der Waals surface area contributed by atoms with Gasteiger partial charge in [0, 0.05) is 24.9 Å². The van der Waals surface area contributed by atoms with E-state index in [2.05, 4.69) is 5.32 Å². The van der Waals surface area contributed by atoms with E-state index in [1.54, 1.807) is 6.07 Å². The van der Waals surface area contributed by atoms with E-state index < -0.39 is 52.9 Å². The Morgan fingerprint density at radius 2 is 1.97 bits per heavy atom. The van der Waals surface area contributed by atoms with E-state index in [1.165, 1.54) is 26.7 Å². The molecule has 9 heteroatoms. The van der Waals surface area contributed by atoms with Crippen molar-refractivity contribution in [3.8, 4) is 0 Å². The Kier molecular flexibility index (Phi) is 5.55. The van der Waals surface area contributed by atoms with E-state index >= 15 is 0 Å². The average Bonchev–Trinajstić information content (AvgIpc) is 3.29. The summed E-state index contributed by atoms with van der Waals surface area (Å²) in [6.45, 7) is 3.84. The summed E-state index contributed by atoms with van der Waals surface area (Å²) < 4.78 is 21.4. The summed E-state index contributed by atoms with van der Waals surface area (Å²) in [7, 11) is 2.72. The highest BCUT2D eigenvalue weighted by Crippen LogP contribution is 2.65. The van der Waals surface area contributed by atoms with Crippen molar-refractivity contribution in [1.82, 2.24) is 5.32 Å². The number of furan rings is 1. The number of rotatable bonds is 3. The molecule has 0 spiro atoms. The molecule has 0 radical (unpaired) electrons. The third kappa shape index (κ3) is 3.29. The van der Waals surface area contributed by atoms with Gasteiger partial charge < -0.3 is 23.9 Å². The number of cyclic esters (lactones) is 1. The first-order valence-corrected chi connectivity index (χ1v) is 10.9. The minimum absolute atomic E-state index is 0.0578. The van der Waals surface area contributed by atoms with Crippen LogP contribution in [0, 0.1) is 28.6 Å². The predicted molar refractivity (Wildman–Crippen MR) is 109 cm³/mol. The molecule has 1 saturated heterocycles. The second kappa shape index (κ2) is 7.94. The summed E-state index contributed by atoms with van der Waals surface area (Å²) in [5.74, 6) is -2.89. The van der Waals surface area contributed by atoms with Crippen LogP contribution in [0.4, 0.5) is 4.79 Å². The van der Waals surface area contributed by atoms with Crippen molar-refractivity contribution in [2.75, 3.05) is 14.2 Å². The molecule has 2 heterocycles. The van der Waals surface area contributed by atoms with Gasteiger partial charge in [-0.2, -0.15) is 0 Å². The van der Waals surface area contributed by atoms with Gasteiger partial charge in [-0.1, -0.05) is 13.8 Å². The third-order valence-corrected chi connectivity index (χ3v) is 7.96. The van der Waals surface area contributed by atoms with Gasteiger partial charge >= 0.3 is 18.0 Å². The van der Waals surface area contributed by atoms with Gasteiger partial charge in [0.05, 0.1) is 31.5 Å². The van der Waals surface area contributed by atoms with Crippen LogP contribution in [0.25, 0.3) is 0 Å². The lowest BCUT2D eigenvalue weighted by Crippen LogP contribution is -2.65. The third-order valence-electron chi connectivity index (χ3n) is 7.96. The van der Waals surface area contributed by atoms with E-state index in [0.29, 0.717) is 19.3 Å². The van der Waals surface area contributed by atoms with Crippen LogP contribution < -0.4 is 5.32 Å². The van der Waals surface area contributed by atoms with E-state index in [4.69, 9.17) is 18.6 Å². The summed E-state index contributed by atoms with van der Waals surface area (Å²) >= 11 is 0. The van der Waals surface area contributed by atoms with E-state index in [9.17, 15) is 19.2 Å². The van der Waals surface area contributed by atoms with E-state index in [1.807, 2.05) is 13.8 Å². The molecular formula is C23H29NO8. The number of fused-ring (bicyclic) bond motifs is 3. The van der Waals surface area contributed by atoms with Crippen LogP contribution >= 0.6 is 0 Å². The normalized spacial score (nSPS) is 38.7. The number of carbonyl (C=O) groups is 4. The van der Waals surface area contributed by atoms with Gasteiger partial charge in [0.2, 0.25) is 0 Å². The van der Waals surface area contributed by atoms with Gasteiger partial charge in [-0.15, -0.1) is 0 Å². The maximum atomic E-state index is 13.8.